The van der Waals surface area contributed by atoms with Crippen LogP contribution in [0.3, 0.4) is 0 Å². The van der Waals surface area contributed by atoms with Gasteiger partial charge in [0.05, 0.1) is 23.1 Å². The zero-order valence-corrected chi connectivity index (χ0v) is 15.9. The highest BCUT2D eigenvalue weighted by Crippen LogP contribution is 2.47. The molecule has 11 heteroatoms. The molecule has 1 aliphatic rings. The number of halogens is 2. The maximum Gasteiger partial charge on any atom is 0.273 e. The monoisotopic (exact) mass is 422 g/mol. The van der Waals surface area contributed by atoms with Gasteiger partial charge in [0.2, 0.25) is 0 Å². The lowest BCUT2D eigenvalue weighted by molar-refractivity contribution is 0.0958. The molecule has 1 aromatic carbocycles. The Kier molecular flexibility index (Phi) is 3.13. The zero-order chi connectivity index (χ0) is 25.9. The van der Waals surface area contributed by atoms with Gasteiger partial charge in [0, 0.05) is 40.9 Å². The summed E-state index contributed by atoms with van der Waals surface area (Å²) in [4.78, 5) is 15.1. The lowest BCUT2D eigenvalue weighted by Gasteiger charge is -2.34. The van der Waals surface area contributed by atoms with Crippen LogP contribution in [0.1, 0.15) is 37.3 Å². The molecule has 4 rings (SSSR count). The summed E-state index contributed by atoms with van der Waals surface area (Å²) < 4.78 is 60.7. The van der Waals surface area contributed by atoms with Crippen molar-refractivity contribution in [1.29, 1.82) is 0 Å². The molecule has 0 bridgehead atoms. The van der Waals surface area contributed by atoms with Crippen molar-refractivity contribution < 1.29 is 17.4 Å². The highest BCUT2D eigenvalue weighted by atomic mass is 35.5. The summed E-state index contributed by atoms with van der Waals surface area (Å²) in [6.45, 7) is -5.32. The Hall–Kier alpha value is -3.27. The average Bonchev–Trinajstić information content (AvgIpc) is 3.06. The Labute approximate surface area is 179 Å². The van der Waals surface area contributed by atoms with Gasteiger partial charge >= 0.3 is 0 Å². The molecular weight excluding hydrogens is 399 g/mol. The molecule has 2 aromatic heterocycles. The van der Waals surface area contributed by atoms with E-state index in [1.54, 1.807) is 5.32 Å². The van der Waals surface area contributed by atoms with Crippen molar-refractivity contribution >= 4 is 34.6 Å². The molecule has 3 heterocycles. The highest BCUT2D eigenvalue weighted by molar-refractivity contribution is 6.29. The first-order chi connectivity index (χ1) is 16.2. The van der Waals surface area contributed by atoms with Crippen molar-refractivity contribution in [3.8, 4) is 11.3 Å². The van der Waals surface area contributed by atoms with Crippen LogP contribution in [0.5, 0.6) is 0 Å². The molecule has 0 saturated heterocycles. The molecule has 0 aliphatic carbocycles. The van der Waals surface area contributed by atoms with Gasteiger partial charge in [0.1, 0.15) is 17.2 Å². The summed E-state index contributed by atoms with van der Waals surface area (Å²) in [5.41, 5.74) is 0.426. The Morgan fingerprint density at radius 3 is 2.83 bits per heavy atom. The minimum absolute atomic E-state index is 0.0556. The van der Waals surface area contributed by atoms with E-state index in [1.165, 1.54) is 35.9 Å². The number of aromatic nitrogens is 5. The first-order valence-corrected chi connectivity index (χ1v) is 8.64. The van der Waals surface area contributed by atoms with Gasteiger partial charge < -0.3 is 15.5 Å². The second-order valence-electron chi connectivity index (χ2n) is 6.29. The van der Waals surface area contributed by atoms with Crippen molar-refractivity contribution in [3.05, 3.63) is 40.6 Å². The molecule has 29 heavy (non-hydrogen) atoms. The normalized spacial score (nSPS) is 18.9. The summed E-state index contributed by atoms with van der Waals surface area (Å²) in [5, 5.41) is 20.2. The average molecular weight is 423 g/mol. The van der Waals surface area contributed by atoms with E-state index in [0.29, 0.717) is 0 Å². The van der Waals surface area contributed by atoms with Crippen LogP contribution in [0.2, 0.25) is 5.15 Å². The van der Waals surface area contributed by atoms with Crippen LogP contribution >= 0.6 is 11.6 Å². The molecule has 150 valence electrons. The predicted octanol–water partition coefficient (Wildman–Crippen LogP) is 2.68. The molecule has 9 nitrogen and oxygen atoms in total. The minimum atomic E-state index is -2.80. The number of hydrogen-bond donors (Lipinski definition) is 2. The third-order valence-corrected chi connectivity index (χ3v) is 4.62. The predicted molar refractivity (Wildman–Crippen MR) is 107 cm³/mol. The van der Waals surface area contributed by atoms with E-state index in [9.17, 15) is 9.18 Å². The third kappa shape index (κ3) is 3.15. The lowest BCUT2D eigenvalue weighted by atomic mass is 9.96. The summed E-state index contributed by atoms with van der Waals surface area (Å²) in [5.74, 6) is -1.77. The van der Waals surface area contributed by atoms with Crippen molar-refractivity contribution in [2.24, 2.45) is 7.05 Å². The summed E-state index contributed by atoms with van der Waals surface area (Å²) in [7, 11) is 3.03. The number of carbonyl (C=O) groups excluding carboxylic acids is 1. The number of fused-ring (bicyclic) bond motifs is 3. The van der Waals surface area contributed by atoms with E-state index in [0.717, 1.165) is 6.07 Å². The van der Waals surface area contributed by atoms with E-state index in [2.05, 4.69) is 25.7 Å². The Balaban J connectivity index is 1.88. The molecule has 0 fully saturated rings. The molecule has 2 N–H and O–H groups in total. The van der Waals surface area contributed by atoms with Gasteiger partial charge in [-0.05, 0) is 19.0 Å². The number of aryl methyl sites for hydroxylation is 1. The van der Waals surface area contributed by atoms with Gasteiger partial charge in [-0.2, -0.15) is 15.0 Å². The molecule has 1 unspecified atom stereocenters. The second kappa shape index (κ2) is 6.96. The van der Waals surface area contributed by atoms with Crippen LogP contribution < -0.4 is 15.5 Å². The number of carbonyl (C=O) groups is 1. The van der Waals surface area contributed by atoms with Crippen molar-refractivity contribution in [2.45, 2.75) is 12.9 Å². The number of amides is 1. The standard InChI is InChI=1S/C18H18ClFN8O/c1-8-14-15(26-28(4)25-14)10-5-9(20)6-12(17(10)27(8)3)22-11-7-13(19)23-24-16(11)18(29)21-2/h5-8H,1-4H3,(H,21,29)(H,22,23)/i1D3,2D3. The van der Waals surface area contributed by atoms with E-state index in [-0.39, 0.29) is 39.2 Å². The molecule has 1 aliphatic heterocycles. The third-order valence-electron chi connectivity index (χ3n) is 4.43. The largest absolute Gasteiger partial charge is 0.364 e. The fraction of sp³-hybridized carbons (Fsp3) is 0.278. The molecule has 1 amide bonds. The van der Waals surface area contributed by atoms with Gasteiger partial charge in [-0.3, -0.25) is 4.79 Å². The molecule has 3 aromatic rings. The van der Waals surface area contributed by atoms with Gasteiger partial charge in [0.15, 0.2) is 10.8 Å². The Bertz CT molecular complexity index is 1330. The Morgan fingerprint density at radius 2 is 2.07 bits per heavy atom. The van der Waals surface area contributed by atoms with E-state index in [1.807, 2.05) is 0 Å². The fourth-order valence-corrected chi connectivity index (χ4v) is 3.35. The van der Waals surface area contributed by atoms with Crippen LogP contribution in [0.4, 0.5) is 21.5 Å². The van der Waals surface area contributed by atoms with Crippen LogP contribution in [0.25, 0.3) is 11.3 Å². The van der Waals surface area contributed by atoms with E-state index in [4.69, 9.17) is 19.8 Å². The van der Waals surface area contributed by atoms with Gasteiger partial charge in [0.25, 0.3) is 5.91 Å². The van der Waals surface area contributed by atoms with Crippen LogP contribution in [0, 0.1) is 5.82 Å². The zero-order valence-electron chi connectivity index (χ0n) is 21.2. The number of nitrogens with zero attached hydrogens (tertiary/aromatic N) is 6. The SMILES string of the molecule is [2H]C([2H])([2H])NC(=O)c1nnc(Cl)cc1Nc1cc(F)cc2c1N(C)C(C([2H])([2H])[2H])c1nn(C)nc1-2. The van der Waals surface area contributed by atoms with E-state index >= 15 is 0 Å². The smallest absolute Gasteiger partial charge is 0.273 e. The van der Waals surface area contributed by atoms with Gasteiger partial charge in [-0.1, -0.05) is 11.6 Å². The van der Waals surface area contributed by atoms with Crippen molar-refractivity contribution in [1.82, 2.24) is 30.5 Å². The fourth-order valence-electron chi connectivity index (χ4n) is 3.20. The molecule has 0 saturated carbocycles. The first kappa shape index (κ1) is 13.0. The maximum absolute atomic E-state index is 14.7. The Morgan fingerprint density at radius 1 is 1.24 bits per heavy atom. The number of hydrogen-bond acceptors (Lipinski definition) is 7. The number of rotatable bonds is 3. The molecule has 1 atom stereocenters. The quantitative estimate of drug-likeness (QED) is 0.669. The van der Waals surface area contributed by atoms with Gasteiger partial charge in [-0.15, -0.1) is 10.2 Å². The minimum Gasteiger partial charge on any atom is -0.364 e. The molecule has 0 radical (unpaired) electrons. The first-order valence-electron chi connectivity index (χ1n) is 11.3. The summed E-state index contributed by atoms with van der Waals surface area (Å²) in [6.07, 6.45) is 0. The summed E-state index contributed by atoms with van der Waals surface area (Å²) in [6, 6.07) is 2.29. The number of nitrogens with one attached hydrogen (secondary N) is 2. The van der Waals surface area contributed by atoms with Crippen LogP contribution in [0.15, 0.2) is 18.2 Å². The van der Waals surface area contributed by atoms with Crippen LogP contribution in [-0.2, 0) is 7.05 Å². The summed E-state index contributed by atoms with van der Waals surface area (Å²) >= 11 is 5.94. The lowest BCUT2D eigenvalue weighted by Crippen LogP contribution is -2.27. The van der Waals surface area contributed by atoms with Crippen LogP contribution in [-0.4, -0.2) is 45.1 Å². The maximum atomic E-state index is 14.7. The molecular formula is C18H18ClFN8O. The van der Waals surface area contributed by atoms with Gasteiger partial charge in [-0.25, -0.2) is 4.39 Å². The highest BCUT2D eigenvalue weighted by Gasteiger charge is 2.33. The van der Waals surface area contributed by atoms with Crippen molar-refractivity contribution in [2.75, 3.05) is 24.2 Å². The topological polar surface area (TPSA) is 101 Å². The van der Waals surface area contributed by atoms with Crippen molar-refractivity contribution in [3.63, 3.8) is 0 Å². The van der Waals surface area contributed by atoms with E-state index < -0.39 is 37.3 Å². The number of benzene rings is 1. The molecule has 0 spiro atoms. The number of anilines is 3. The second-order valence-corrected chi connectivity index (χ2v) is 6.68.